The Labute approximate surface area is 150 Å². The Hall–Kier alpha value is -2.49. The van der Waals surface area contributed by atoms with Crippen molar-refractivity contribution in [3.63, 3.8) is 0 Å². The van der Waals surface area contributed by atoms with Gasteiger partial charge in [0.1, 0.15) is 18.1 Å². The zero-order chi connectivity index (χ0) is 18.4. The molecule has 0 radical (unpaired) electrons. The van der Waals surface area contributed by atoms with Gasteiger partial charge in [-0.25, -0.2) is 0 Å². The highest BCUT2D eigenvalue weighted by atomic mass is 16.5. The molecule has 4 heteroatoms. The van der Waals surface area contributed by atoms with E-state index in [2.05, 4.69) is 5.32 Å². The first kappa shape index (κ1) is 18.8. The van der Waals surface area contributed by atoms with Crippen molar-refractivity contribution in [3.05, 3.63) is 59.2 Å². The molecule has 0 saturated carbocycles. The van der Waals surface area contributed by atoms with Crippen molar-refractivity contribution >= 4 is 5.91 Å². The number of carbonyl (C=O) groups is 1. The van der Waals surface area contributed by atoms with Gasteiger partial charge in [-0.05, 0) is 63.9 Å². The molecule has 0 saturated heterocycles. The first-order chi connectivity index (χ1) is 11.9. The number of rotatable bonds is 7. The standard InChI is InChI=1S/C21H27NO3/c1-14-9-11-19(12-10-14)24-13-16(3)22-21(23)18(5)25-20-8-6-7-15(2)17(20)4/h6-12,16,18H,13H2,1-5H3,(H,22,23)/t16-,18+/m1/s1. The van der Waals surface area contributed by atoms with E-state index in [4.69, 9.17) is 9.47 Å². The minimum atomic E-state index is -0.567. The van der Waals surface area contributed by atoms with E-state index in [1.54, 1.807) is 6.92 Å². The quantitative estimate of drug-likeness (QED) is 0.829. The molecule has 0 aliphatic carbocycles. The molecule has 2 atom stereocenters. The van der Waals surface area contributed by atoms with Gasteiger partial charge in [0.05, 0.1) is 6.04 Å². The molecule has 134 valence electrons. The summed E-state index contributed by atoms with van der Waals surface area (Å²) in [4.78, 5) is 12.3. The van der Waals surface area contributed by atoms with E-state index >= 15 is 0 Å². The van der Waals surface area contributed by atoms with Gasteiger partial charge in [0.25, 0.3) is 5.91 Å². The Morgan fingerprint density at radius 1 is 1.04 bits per heavy atom. The largest absolute Gasteiger partial charge is 0.491 e. The number of aryl methyl sites for hydroxylation is 2. The van der Waals surface area contributed by atoms with Crippen LogP contribution in [0.25, 0.3) is 0 Å². The van der Waals surface area contributed by atoms with Crippen LogP contribution in [0.5, 0.6) is 11.5 Å². The first-order valence-electron chi connectivity index (χ1n) is 8.59. The molecular weight excluding hydrogens is 314 g/mol. The first-order valence-corrected chi connectivity index (χ1v) is 8.59. The summed E-state index contributed by atoms with van der Waals surface area (Å²) in [6.45, 7) is 10.1. The van der Waals surface area contributed by atoms with Crippen LogP contribution in [0.2, 0.25) is 0 Å². The van der Waals surface area contributed by atoms with Gasteiger partial charge in [0, 0.05) is 0 Å². The fourth-order valence-corrected chi connectivity index (χ4v) is 2.35. The second-order valence-electron chi connectivity index (χ2n) is 6.49. The molecule has 25 heavy (non-hydrogen) atoms. The van der Waals surface area contributed by atoms with Crippen molar-refractivity contribution in [3.8, 4) is 11.5 Å². The normalized spacial score (nSPS) is 13.0. The number of hydrogen-bond acceptors (Lipinski definition) is 3. The number of nitrogens with one attached hydrogen (secondary N) is 1. The fraction of sp³-hybridized carbons (Fsp3) is 0.381. The third kappa shape index (κ3) is 5.52. The lowest BCUT2D eigenvalue weighted by Crippen LogP contribution is -2.43. The summed E-state index contributed by atoms with van der Waals surface area (Å²) < 4.78 is 11.5. The summed E-state index contributed by atoms with van der Waals surface area (Å²) in [5.41, 5.74) is 3.38. The molecule has 1 N–H and O–H groups in total. The Morgan fingerprint density at radius 3 is 2.40 bits per heavy atom. The molecule has 0 aliphatic heterocycles. The van der Waals surface area contributed by atoms with E-state index in [1.165, 1.54) is 5.56 Å². The van der Waals surface area contributed by atoms with Gasteiger partial charge in [-0.1, -0.05) is 29.8 Å². The van der Waals surface area contributed by atoms with Crippen LogP contribution >= 0.6 is 0 Å². The van der Waals surface area contributed by atoms with Crippen molar-refractivity contribution in [2.75, 3.05) is 6.61 Å². The van der Waals surface area contributed by atoms with E-state index in [-0.39, 0.29) is 11.9 Å². The van der Waals surface area contributed by atoms with E-state index in [0.29, 0.717) is 6.61 Å². The second-order valence-corrected chi connectivity index (χ2v) is 6.49. The Balaban J connectivity index is 1.83. The molecular formula is C21H27NO3. The van der Waals surface area contributed by atoms with Crippen molar-refractivity contribution in [2.24, 2.45) is 0 Å². The number of carbonyl (C=O) groups excluding carboxylic acids is 1. The smallest absolute Gasteiger partial charge is 0.261 e. The third-order valence-electron chi connectivity index (χ3n) is 4.14. The SMILES string of the molecule is Cc1ccc(OC[C@@H](C)NC(=O)[C@H](C)Oc2cccc(C)c2C)cc1. The van der Waals surface area contributed by atoms with Crippen LogP contribution in [-0.4, -0.2) is 24.7 Å². The molecule has 0 bridgehead atoms. The van der Waals surface area contributed by atoms with Gasteiger partial charge in [0.15, 0.2) is 6.10 Å². The van der Waals surface area contributed by atoms with Crippen LogP contribution in [0, 0.1) is 20.8 Å². The Bertz CT molecular complexity index is 710. The number of benzene rings is 2. The second kappa shape index (κ2) is 8.56. The molecule has 0 aliphatic rings. The molecule has 4 nitrogen and oxygen atoms in total. The molecule has 2 rings (SSSR count). The van der Waals surface area contributed by atoms with E-state index in [0.717, 1.165) is 22.6 Å². The van der Waals surface area contributed by atoms with Gasteiger partial charge >= 0.3 is 0 Å². The average molecular weight is 341 g/mol. The van der Waals surface area contributed by atoms with Gasteiger partial charge in [-0.15, -0.1) is 0 Å². The average Bonchev–Trinajstić information content (AvgIpc) is 2.58. The number of amides is 1. The van der Waals surface area contributed by atoms with Crippen LogP contribution < -0.4 is 14.8 Å². The van der Waals surface area contributed by atoms with Crippen molar-refractivity contribution in [1.82, 2.24) is 5.32 Å². The van der Waals surface area contributed by atoms with Gasteiger partial charge in [0.2, 0.25) is 0 Å². The molecule has 2 aromatic rings. The fourth-order valence-electron chi connectivity index (χ4n) is 2.35. The van der Waals surface area contributed by atoms with Crippen LogP contribution in [-0.2, 0) is 4.79 Å². The predicted molar refractivity (Wildman–Crippen MR) is 100 cm³/mol. The Morgan fingerprint density at radius 2 is 1.72 bits per heavy atom. The summed E-state index contributed by atoms with van der Waals surface area (Å²) >= 11 is 0. The molecule has 2 aromatic carbocycles. The number of ether oxygens (including phenoxy) is 2. The van der Waals surface area contributed by atoms with Crippen LogP contribution in [0.15, 0.2) is 42.5 Å². The summed E-state index contributed by atoms with van der Waals surface area (Å²) in [6.07, 6.45) is -0.567. The van der Waals surface area contributed by atoms with E-state index in [1.807, 2.05) is 70.2 Å². The highest BCUT2D eigenvalue weighted by Gasteiger charge is 2.18. The minimum Gasteiger partial charge on any atom is -0.491 e. The van der Waals surface area contributed by atoms with Crippen molar-refractivity contribution in [2.45, 2.75) is 46.8 Å². The molecule has 0 spiro atoms. The maximum atomic E-state index is 12.3. The summed E-state index contributed by atoms with van der Waals surface area (Å²) in [5.74, 6) is 1.39. The lowest BCUT2D eigenvalue weighted by molar-refractivity contribution is -0.128. The molecule has 0 unspecified atom stereocenters. The minimum absolute atomic E-state index is 0.113. The van der Waals surface area contributed by atoms with Gasteiger partial charge in [-0.2, -0.15) is 0 Å². The van der Waals surface area contributed by atoms with Crippen molar-refractivity contribution < 1.29 is 14.3 Å². The number of hydrogen-bond donors (Lipinski definition) is 1. The van der Waals surface area contributed by atoms with Crippen LogP contribution in [0.1, 0.15) is 30.5 Å². The summed E-state index contributed by atoms with van der Waals surface area (Å²) in [7, 11) is 0. The van der Waals surface area contributed by atoms with Gasteiger partial charge < -0.3 is 14.8 Å². The summed E-state index contributed by atoms with van der Waals surface area (Å²) in [6, 6.07) is 13.6. The molecule has 0 aromatic heterocycles. The topological polar surface area (TPSA) is 47.6 Å². The molecule has 0 fully saturated rings. The lowest BCUT2D eigenvalue weighted by Gasteiger charge is -2.20. The summed E-state index contributed by atoms with van der Waals surface area (Å²) in [5, 5.41) is 2.93. The zero-order valence-corrected chi connectivity index (χ0v) is 15.6. The maximum absolute atomic E-state index is 12.3. The van der Waals surface area contributed by atoms with E-state index < -0.39 is 6.10 Å². The van der Waals surface area contributed by atoms with Crippen LogP contribution in [0.3, 0.4) is 0 Å². The highest BCUT2D eigenvalue weighted by molar-refractivity contribution is 5.81. The predicted octanol–water partition coefficient (Wildman–Crippen LogP) is 3.96. The molecule has 1 amide bonds. The van der Waals surface area contributed by atoms with Crippen molar-refractivity contribution in [1.29, 1.82) is 0 Å². The van der Waals surface area contributed by atoms with Crippen LogP contribution in [0.4, 0.5) is 0 Å². The lowest BCUT2D eigenvalue weighted by atomic mass is 10.1. The third-order valence-corrected chi connectivity index (χ3v) is 4.14. The maximum Gasteiger partial charge on any atom is 0.261 e. The molecule has 0 heterocycles. The zero-order valence-electron chi connectivity index (χ0n) is 15.6. The van der Waals surface area contributed by atoms with E-state index in [9.17, 15) is 4.79 Å². The Kier molecular flexibility index (Phi) is 6.45. The van der Waals surface area contributed by atoms with Gasteiger partial charge in [-0.3, -0.25) is 4.79 Å². The highest BCUT2D eigenvalue weighted by Crippen LogP contribution is 2.21. The monoisotopic (exact) mass is 341 g/mol.